The third kappa shape index (κ3) is 6.45. The monoisotopic (exact) mass is 483 g/mol. The fourth-order valence-electron chi connectivity index (χ4n) is 5.34. The Morgan fingerprint density at radius 2 is 1.83 bits per heavy atom. The molecule has 0 aromatic heterocycles. The number of anilines is 1. The first kappa shape index (κ1) is 25.3. The summed E-state index contributed by atoms with van der Waals surface area (Å²) >= 11 is 0. The Labute approximate surface area is 206 Å². The third-order valence-corrected chi connectivity index (χ3v) is 7.38. The molecule has 0 bridgehead atoms. The zero-order valence-corrected chi connectivity index (χ0v) is 20.7. The first-order valence-corrected chi connectivity index (χ1v) is 12.7. The number of aryl methyl sites for hydroxylation is 1. The summed E-state index contributed by atoms with van der Waals surface area (Å²) in [5.41, 5.74) is 2.87. The minimum atomic E-state index is -0.394. The first-order chi connectivity index (χ1) is 16.8. The molecule has 1 saturated carbocycles. The largest absolute Gasteiger partial charge is 0.337 e. The lowest BCUT2D eigenvalue weighted by molar-refractivity contribution is -0.140. The maximum absolute atomic E-state index is 14.5. The molecule has 35 heavy (non-hydrogen) atoms. The molecule has 0 spiro atoms. The topological polar surface area (TPSA) is 52.6 Å². The number of carbonyl (C=O) groups is 2. The summed E-state index contributed by atoms with van der Waals surface area (Å²) < 4.78 is 27.8. The van der Waals surface area contributed by atoms with Gasteiger partial charge in [0.2, 0.25) is 11.8 Å². The number of rotatable bonds is 7. The van der Waals surface area contributed by atoms with E-state index in [1.54, 1.807) is 12.1 Å². The number of carbonyl (C=O) groups excluding carboxylic acids is 2. The van der Waals surface area contributed by atoms with Crippen molar-refractivity contribution < 1.29 is 18.4 Å². The standard InChI is InChI=1S/C28H35F2N3O2/c1-19-17-32(12-13-33(19)28(35)22-7-3-4-8-22)18-23-15-25(30)16-26(20(23)2)31-27(34)11-10-21-6-5-9-24(29)14-21/h5-6,9,14-16,19,22H,3-4,7-8,10-13,17-18H2,1-2H3,(H,31,34)/t19-/m0/s1. The molecule has 5 nitrogen and oxygen atoms in total. The van der Waals surface area contributed by atoms with Crippen LogP contribution in [0.1, 0.15) is 55.7 Å². The number of nitrogens with one attached hydrogen (secondary N) is 1. The van der Waals surface area contributed by atoms with Crippen LogP contribution in [0, 0.1) is 24.5 Å². The predicted molar refractivity (Wildman–Crippen MR) is 133 cm³/mol. The summed E-state index contributed by atoms with van der Waals surface area (Å²) in [4.78, 5) is 29.7. The van der Waals surface area contributed by atoms with Gasteiger partial charge in [-0.25, -0.2) is 8.78 Å². The molecule has 2 amide bonds. The van der Waals surface area contributed by atoms with Crippen molar-refractivity contribution >= 4 is 17.5 Å². The van der Waals surface area contributed by atoms with Crippen LogP contribution in [0.15, 0.2) is 36.4 Å². The maximum Gasteiger partial charge on any atom is 0.226 e. The molecule has 1 aliphatic carbocycles. The van der Waals surface area contributed by atoms with Gasteiger partial charge in [0.25, 0.3) is 0 Å². The summed E-state index contributed by atoms with van der Waals surface area (Å²) in [6.07, 6.45) is 4.90. The number of benzene rings is 2. The molecule has 0 radical (unpaired) electrons. The van der Waals surface area contributed by atoms with Gasteiger partial charge in [-0.05, 0) is 74.1 Å². The highest BCUT2D eigenvalue weighted by Crippen LogP contribution is 2.29. The molecule has 2 aromatic carbocycles. The molecule has 1 heterocycles. The van der Waals surface area contributed by atoms with Gasteiger partial charge in [-0.3, -0.25) is 14.5 Å². The quantitative estimate of drug-likeness (QED) is 0.599. The molecule has 1 N–H and O–H groups in total. The van der Waals surface area contributed by atoms with E-state index in [9.17, 15) is 18.4 Å². The minimum absolute atomic E-state index is 0.118. The Kier molecular flexibility index (Phi) is 8.16. The van der Waals surface area contributed by atoms with Crippen molar-refractivity contribution in [2.45, 2.75) is 65.0 Å². The number of piperazine rings is 1. The maximum atomic E-state index is 14.5. The summed E-state index contributed by atoms with van der Waals surface area (Å²) in [5, 5.41) is 2.83. The molecular formula is C28H35F2N3O2. The summed E-state index contributed by atoms with van der Waals surface area (Å²) in [5.74, 6) is -0.483. The average Bonchev–Trinajstić information content (AvgIpc) is 3.36. The van der Waals surface area contributed by atoms with Gasteiger partial charge in [-0.15, -0.1) is 0 Å². The molecule has 0 unspecified atom stereocenters. The van der Waals surface area contributed by atoms with E-state index in [2.05, 4.69) is 17.1 Å². The lowest BCUT2D eigenvalue weighted by Crippen LogP contribution is -2.54. The molecular weight excluding hydrogens is 448 g/mol. The molecule has 2 aliphatic rings. The second-order valence-electron chi connectivity index (χ2n) is 10.0. The zero-order valence-electron chi connectivity index (χ0n) is 20.7. The van der Waals surface area contributed by atoms with Gasteiger partial charge in [0.15, 0.2) is 0 Å². The van der Waals surface area contributed by atoms with Crippen LogP contribution in [0.4, 0.5) is 14.5 Å². The minimum Gasteiger partial charge on any atom is -0.337 e. The van der Waals surface area contributed by atoms with E-state index in [1.807, 2.05) is 11.8 Å². The van der Waals surface area contributed by atoms with E-state index in [1.165, 1.54) is 24.3 Å². The average molecular weight is 484 g/mol. The van der Waals surface area contributed by atoms with Gasteiger partial charge in [-0.2, -0.15) is 0 Å². The fraction of sp³-hybridized carbons (Fsp3) is 0.500. The van der Waals surface area contributed by atoms with Crippen LogP contribution in [0.2, 0.25) is 0 Å². The van der Waals surface area contributed by atoms with Crippen molar-refractivity contribution in [2.75, 3.05) is 25.0 Å². The number of hydrogen-bond donors (Lipinski definition) is 1. The molecule has 188 valence electrons. The van der Waals surface area contributed by atoms with Gasteiger partial charge < -0.3 is 10.2 Å². The van der Waals surface area contributed by atoms with Crippen molar-refractivity contribution in [3.05, 3.63) is 64.7 Å². The summed E-state index contributed by atoms with van der Waals surface area (Å²) in [7, 11) is 0. The first-order valence-electron chi connectivity index (χ1n) is 12.7. The van der Waals surface area contributed by atoms with Crippen molar-refractivity contribution in [1.82, 2.24) is 9.80 Å². The van der Waals surface area contributed by atoms with E-state index in [-0.39, 0.29) is 30.1 Å². The second-order valence-corrected chi connectivity index (χ2v) is 10.0. The van der Waals surface area contributed by atoms with Crippen LogP contribution >= 0.6 is 0 Å². The molecule has 7 heteroatoms. The number of amides is 2. The van der Waals surface area contributed by atoms with Crippen molar-refractivity contribution in [3.63, 3.8) is 0 Å². The molecule has 2 aromatic rings. The Morgan fingerprint density at radius 1 is 1.06 bits per heavy atom. The fourth-order valence-corrected chi connectivity index (χ4v) is 5.34. The Balaban J connectivity index is 1.35. The van der Waals surface area contributed by atoms with Crippen molar-refractivity contribution in [2.24, 2.45) is 5.92 Å². The van der Waals surface area contributed by atoms with Crippen LogP contribution in [-0.4, -0.2) is 47.3 Å². The van der Waals surface area contributed by atoms with E-state index < -0.39 is 5.82 Å². The van der Waals surface area contributed by atoms with Crippen LogP contribution in [-0.2, 0) is 22.6 Å². The third-order valence-electron chi connectivity index (χ3n) is 7.38. The van der Waals surface area contributed by atoms with Gasteiger partial charge in [0.1, 0.15) is 11.6 Å². The number of nitrogens with zero attached hydrogens (tertiary/aromatic N) is 2. The van der Waals surface area contributed by atoms with E-state index in [0.29, 0.717) is 31.1 Å². The molecule has 2 fully saturated rings. The SMILES string of the molecule is Cc1c(CN2CCN(C(=O)C3CCCC3)[C@@H](C)C2)cc(F)cc1NC(=O)CCc1cccc(F)c1. The van der Waals surface area contributed by atoms with Crippen LogP contribution < -0.4 is 5.32 Å². The van der Waals surface area contributed by atoms with Crippen molar-refractivity contribution in [3.8, 4) is 0 Å². The lowest BCUT2D eigenvalue weighted by Gasteiger charge is -2.41. The Bertz CT molecular complexity index is 1070. The highest BCUT2D eigenvalue weighted by Gasteiger charge is 2.33. The van der Waals surface area contributed by atoms with Crippen molar-refractivity contribution in [1.29, 1.82) is 0 Å². The summed E-state index contributed by atoms with van der Waals surface area (Å²) in [6.45, 7) is 6.71. The molecule has 1 aliphatic heterocycles. The lowest BCUT2D eigenvalue weighted by atomic mass is 10.0. The van der Waals surface area contributed by atoms with E-state index >= 15 is 0 Å². The number of hydrogen-bond acceptors (Lipinski definition) is 3. The second kappa shape index (κ2) is 11.3. The molecule has 1 saturated heterocycles. The van der Waals surface area contributed by atoms with Gasteiger partial charge >= 0.3 is 0 Å². The zero-order chi connectivity index (χ0) is 24.9. The molecule has 1 atom stereocenters. The van der Waals surface area contributed by atoms with Crippen LogP contribution in [0.5, 0.6) is 0 Å². The van der Waals surface area contributed by atoms with Gasteiger partial charge in [-0.1, -0.05) is 25.0 Å². The van der Waals surface area contributed by atoms with E-state index in [0.717, 1.165) is 55.5 Å². The number of halogens is 2. The van der Waals surface area contributed by atoms with Gasteiger partial charge in [0, 0.05) is 50.2 Å². The van der Waals surface area contributed by atoms with Crippen LogP contribution in [0.25, 0.3) is 0 Å². The Morgan fingerprint density at radius 3 is 2.54 bits per heavy atom. The highest BCUT2D eigenvalue weighted by atomic mass is 19.1. The summed E-state index contributed by atoms with van der Waals surface area (Å²) in [6, 6.07) is 9.18. The Hall–Kier alpha value is -2.80. The predicted octanol–water partition coefficient (Wildman–Crippen LogP) is 5.07. The van der Waals surface area contributed by atoms with Gasteiger partial charge in [0.05, 0.1) is 0 Å². The normalized spacial score (nSPS) is 19.2. The smallest absolute Gasteiger partial charge is 0.226 e. The van der Waals surface area contributed by atoms with Crippen LogP contribution in [0.3, 0.4) is 0 Å². The van der Waals surface area contributed by atoms with E-state index in [4.69, 9.17) is 0 Å². The highest BCUT2D eigenvalue weighted by molar-refractivity contribution is 5.91. The molecule has 4 rings (SSSR count).